The van der Waals surface area contributed by atoms with Gasteiger partial charge in [0.25, 0.3) is 0 Å². The molecule has 0 aliphatic heterocycles. The van der Waals surface area contributed by atoms with Gasteiger partial charge in [-0.1, -0.05) is 44.1 Å². The average Bonchev–Trinajstić information content (AvgIpc) is 2.97. The van der Waals surface area contributed by atoms with Gasteiger partial charge in [0.05, 0.1) is 0 Å². The highest BCUT2D eigenvalue weighted by Crippen LogP contribution is 2.55. The van der Waals surface area contributed by atoms with E-state index in [9.17, 15) is 0 Å². The summed E-state index contributed by atoms with van der Waals surface area (Å²) in [7, 11) is 0. The Balaban J connectivity index is 2.02. The van der Waals surface area contributed by atoms with Crippen LogP contribution < -0.4 is 0 Å². The van der Waals surface area contributed by atoms with Crippen LogP contribution in [-0.4, -0.2) is 0 Å². The van der Waals surface area contributed by atoms with E-state index in [1.54, 1.807) is 11.1 Å². The van der Waals surface area contributed by atoms with Crippen LogP contribution in [0.25, 0.3) is 0 Å². The van der Waals surface area contributed by atoms with Crippen LogP contribution in [0.2, 0.25) is 0 Å². The maximum atomic E-state index is 2.51. The normalized spacial score (nSPS) is 24.5. The quantitative estimate of drug-likeness (QED) is 0.615. The Bertz CT molecular complexity index is 287. The molecule has 0 heteroatoms. The minimum Gasteiger partial charge on any atom is -0.0808 e. The largest absolute Gasteiger partial charge is 0.0808 e. The van der Waals surface area contributed by atoms with Crippen molar-refractivity contribution < 1.29 is 0 Å². The summed E-state index contributed by atoms with van der Waals surface area (Å²) in [6.45, 7) is 6.89. The predicted molar refractivity (Wildman–Crippen MR) is 66.8 cm³/mol. The Kier molecular flexibility index (Phi) is 3.04. The molecule has 2 rings (SSSR count). The standard InChI is InChI=1S/C15H24/c1-4-14(12(2)3)11-13-5-7-15(8-6-13)9-10-15/h5,11-12H,4,6-10H2,1-3H3/b14-11+. The second-order valence-electron chi connectivity index (χ2n) is 5.71. The Morgan fingerprint density at radius 1 is 1.40 bits per heavy atom. The second kappa shape index (κ2) is 4.15. The van der Waals surface area contributed by atoms with Crippen LogP contribution >= 0.6 is 0 Å². The lowest BCUT2D eigenvalue weighted by atomic mass is 9.85. The fraction of sp³-hybridized carbons (Fsp3) is 0.733. The van der Waals surface area contributed by atoms with Gasteiger partial charge in [-0.2, -0.15) is 0 Å². The molecule has 1 saturated carbocycles. The maximum Gasteiger partial charge on any atom is -0.0257 e. The van der Waals surface area contributed by atoms with Crippen molar-refractivity contribution in [2.75, 3.05) is 0 Å². The average molecular weight is 204 g/mol. The molecule has 0 amide bonds. The molecule has 0 atom stereocenters. The molecule has 1 spiro atoms. The summed E-state index contributed by atoms with van der Waals surface area (Å²) in [5.74, 6) is 0.715. The predicted octanol–water partition coefficient (Wildman–Crippen LogP) is 4.87. The van der Waals surface area contributed by atoms with Gasteiger partial charge in [0.2, 0.25) is 0 Å². The van der Waals surface area contributed by atoms with Crippen LogP contribution in [0.1, 0.15) is 59.3 Å². The molecule has 1 fully saturated rings. The molecule has 2 aliphatic carbocycles. The molecule has 0 unspecified atom stereocenters. The van der Waals surface area contributed by atoms with Gasteiger partial charge in [0.1, 0.15) is 0 Å². The highest BCUT2D eigenvalue weighted by molar-refractivity contribution is 5.28. The van der Waals surface area contributed by atoms with Gasteiger partial charge in [-0.25, -0.2) is 0 Å². The summed E-state index contributed by atoms with van der Waals surface area (Å²) in [6, 6.07) is 0. The van der Waals surface area contributed by atoms with Crippen molar-refractivity contribution in [2.24, 2.45) is 11.3 Å². The Morgan fingerprint density at radius 3 is 2.53 bits per heavy atom. The van der Waals surface area contributed by atoms with Crippen molar-refractivity contribution in [1.82, 2.24) is 0 Å². The first kappa shape index (κ1) is 11.0. The van der Waals surface area contributed by atoms with E-state index in [0.29, 0.717) is 5.92 Å². The zero-order chi connectivity index (χ0) is 10.9. The van der Waals surface area contributed by atoms with E-state index in [1.165, 1.54) is 38.5 Å². The Hall–Kier alpha value is -0.520. The van der Waals surface area contributed by atoms with Crippen molar-refractivity contribution in [2.45, 2.75) is 59.3 Å². The lowest BCUT2D eigenvalue weighted by Crippen LogP contribution is -2.05. The molecule has 0 radical (unpaired) electrons. The molecule has 0 aromatic rings. The molecule has 0 heterocycles. The highest BCUT2D eigenvalue weighted by Gasteiger charge is 2.42. The SMILES string of the molecule is CC/C(=C\C1=CCC2(CC1)CC2)C(C)C. The highest BCUT2D eigenvalue weighted by atomic mass is 14.5. The molecule has 0 saturated heterocycles. The van der Waals surface area contributed by atoms with E-state index in [1.807, 2.05) is 0 Å². The zero-order valence-corrected chi connectivity index (χ0v) is 10.5. The van der Waals surface area contributed by atoms with Crippen molar-refractivity contribution >= 4 is 0 Å². The summed E-state index contributed by atoms with van der Waals surface area (Å²) in [6.07, 6.45) is 13.3. The molecule has 0 aromatic heterocycles. The molecule has 2 aliphatic rings. The summed E-state index contributed by atoms with van der Waals surface area (Å²) >= 11 is 0. The van der Waals surface area contributed by atoms with Crippen LogP contribution in [0, 0.1) is 11.3 Å². The first-order valence-electron chi connectivity index (χ1n) is 6.55. The molecule has 84 valence electrons. The first-order valence-corrected chi connectivity index (χ1v) is 6.55. The van der Waals surface area contributed by atoms with E-state index in [0.717, 1.165) is 5.41 Å². The first-order chi connectivity index (χ1) is 7.15. The molecule has 0 bridgehead atoms. The number of rotatable bonds is 3. The summed E-state index contributed by atoms with van der Waals surface area (Å²) in [4.78, 5) is 0. The van der Waals surface area contributed by atoms with E-state index in [2.05, 4.69) is 32.9 Å². The van der Waals surface area contributed by atoms with Gasteiger partial charge in [0, 0.05) is 0 Å². The Labute approximate surface area is 94.5 Å². The Morgan fingerprint density at radius 2 is 2.13 bits per heavy atom. The zero-order valence-electron chi connectivity index (χ0n) is 10.5. The van der Waals surface area contributed by atoms with E-state index < -0.39 is 0 Å². The third-order valence-electron chi connectivity index (χ3n) is 4.22. The molecule has 0 aromatic carbocycles. The van der Waals surface area contributed by atoms with Crippen molar-refractivity contribution in [3.63, 3.8) is 0 Å². The van der Waals surface area contributed by atoms with Crippen LogP contribution in [0.3, 0.4) is 0 Å². The van der Waals surface area contributed by atoms with Crippen molar-refractivity contribution in [3.8, 4) is 0 Å². The van der Waals surface area contributed by atoms with Crippen molar-refractivity contribution in [1.29, 1.82) is 0 Å². The lowest BCUT2D eigenvalue weighted by Gasteiger charge is -2.20. The van der Waals surface area contributed by atoms with Crippen LogP contribution in [0.15, 0.2) is 23.3 Å². The number of allylic oxidation sites excluding steroid dienone is 4. The van der Waals surface area contributed by atoms with Crippen LogP contribution in [0.5, 0.6) is 0 Å². The van der Waals surface area contributed by atoms with Crippen LogP contribution in [0.4, 0.5) is 0 Å². The fourth-order valence-corrected chi connectivity index (χ4v) is 2.64. The molecule has 15 heavy (non-hydrogen) atoms. The van der Waals surface area contributed by atoms with E-state index in [-0.39, 0.29) is 0 Å². The van der Waals surface area contributed by atoms with Gasteiger partial charge >= 0.3 is 0 Å². The van der Waals surface area contributed by atoms with Gasteiger partial charge in [-0.3, -0.25) is 0 Å². The molecule has 0 N–H and O–H groups in total. The van der Waals surface area contributed by atoms with Gasteiger partial charge < -0.3 is 0 Å². The number of hydrogen-bond donors (Lipinski definition) is 0. The van der Waals surface area contributed by atoms with Crippen molar-refractivity contribution in [3.05, 3.63) is 23.3 Å². The van der Waals surface area contributed by atoms with Gasteiger partial charge in [-0.15, -0.1) is 0 Å². The lowest BCUT2D eigenvalue weighted by molar-refractivity contribution is 0.453. The van der Waals surface area contributed by atoms with E-state index >= 15 is 0 Å². The minimum absolute atomic E-state index is 0.715. The number of hydrogen-bond acceptors (Lipinski definition) is 0. The molecular formula is C15H24. The smallest absolute Gasteiger partial charge is 0.0257 e. The maximum absolute atomic E-state index is 2.51. The second-order valence-corrected chi connectivity index (χ2v) is 5.71. The fourth-order valence-electron chi connectivity index (χ4n) is 2.64. The van der Waals surface area contributed by atoms with Crippen LogP contribution in [-0.2, 0) is 0 Å². The summed E-state index contributed by atoms with van der Waals surface area (Å²) in [5, 5.41) is 0. The third-order valence-corrected chi connectivity index (χ3v) is 4.22. The monoisotopic (exact) mass is 204 g/mol. The van der Waals surface area contributed by atoms with Gasteiger partial charge in [-0.05, 0) is 49.9 Å². The topological polar surface area (TPSA) is 0 Å². The summed E-state index contributed by atoms with van der Waals surface area (Å²) < 4.78 is 0. The van der Waals surface area contributed by atoms with E-state index in [4.69, 9.17) is 0 Å². The van der Waals surface area contributed by atoms with Gasteiger partial charge in [0.15, 0.2) is 0 Å². The third kappa shape index (κ3) is 2.53. The minimum atomic E-state index is 0.715. The molecule has 0 nitrogen and oxygen atoms in total. The summed E-state index contributed by atoms with van der Waals surface area (Å²) in [5.41, 5.74) is 4.01. The molecular weight excluding hydrogens is 180 g/mol.